The molecular weight excluding hydrogens is 208 g/mol. The molecule has 2 rings (SSSR count). The van der Waals surface area contributed by atoms with Gasteiger partial charge in [0.15, 0.2) is 0 Å². The molecule has 2 heteroatoms. The van der Waals surface area contributed by atoms with Crippen molar-refractivity contribution < 1.29 is 0 Å². The van der Waals surface area contributed by atoms with Gasteiger partial charge in [0.25, 0.3) is 0 Å². The first-order chi connectivity index (χ1) is 8.28. The summed E-state index contributed by atoms with van der Waals surface area (Å²) in [4.78, 5) is 2.48. The van der Waals surface area contributed by atoms with Crippen LogP contribution in [0, 0.1) is 5.92 Å². The van der Waals surface area contributed by atoms with Gasteiger partial charge in [0.1, 0.15) is 0 Å². The van der Waals surface area contributed by atoms with Gasteiger partial charge in [-0.25, -0.2) is 0 Å². The van der Waals surface area contributed by atoms with E-state index in [2.05, 4.69) is 24.2 Å². The highest BCUT2D eigenvalue weighted by molar-refractivity contribution is 4.82. The summed E-state index contributed by atoms with van der Waals surface area (Å²) >= 11 is 0. The SMILES string of the molecule is CCC1CCCC(NC2CCCN(C)C2)CC1. The van der Waals surface area contributed by atoms with Crippen molar-refractivity contribution in [3.8, 4) is 0 Å². The lowest BCUT2D eigenvalue weighted by atomic mass is 9.97. The molecule has 0 aromatic carbocycles. The predicted molar refractivity (Wildman–Crippen MR) is 74.3 cm³/mol. The number of likely N-dealkylation sites (tertiary alicyclic amines) is 1. The monoisotopic (exact) mass is 238 g/mol. The maximum absolute atomic E-state index is 3.93. The zero-order valence-corrected chi connectivity index (χ0v) is 11.8. The van der Waals surface area contributed by atoms with Crippen LogP contribution in [0.1, 0.15) is 58.3 Å². The van der Waals surface area contributed by atoms with Crippen LogP contribution >= 0.6 is 0 Å². The van der Waals surface area contributed by atoms with Crippen molar-refractivity contribution in [1.82, 2.24) is 10.2 Å². The summed E-state index contributed by atoms with van der Waals surface area (Å²) in [5, 5.41) is 3.93. The molecule has 2 nitrogen and oxygen atoms in total. The molecule has 2 aliphatic rings. The number of nitrogens with one attached hydrogen (secondary N) is 1. The summed E-state index contributed by atoms with van der Waals surface area (Å²) in [6.45, 7) is 4.91. The summed E-state index contributed by atoms with van der Waals surface area (Å²) in [6, 6.07) is 1.57. The van der Waals surface area contributed by atoms with Crippen molar-refractivity contribution in [2.24, 2.45) is 5.92 Å². The molecule has 0 radical (unpaired) electrons. The van der Waals surface area contributed by atoms with Gasteiger partial charge in [0.2, 0.25) is 0 Å². The fraction of sp³-hybridized carbons (Fsp3) is 1.00. The highest BCUT2D eigenvalue weighted by Gasteiger charge is 2.22. The molecule has 3 unspecified atom stereocenters. The Morgan fingerprint density at radius 2 is 1.82 bits per heavy atom. The molecule has 1 N–H and O–H groups in total. The van der Waals surface area contributed by atoms with Crippen molar-refractivity contribution in [1.29, 1.82) is 0 Å². The summed E-state index contributed by atoms with van der Waals surface area (Å²) in [7, 11) is 2.26. The van der Waals surface area contributed by atoms with Crippen LogP contribution in [0.25, 0.3) is 0 Å². The van der Waals surface area contributed by atoms with Crippen molar-refractivity contribution >= 4 is 0 Å². The third-order valence-corrected chi connectivity index (χ3v) is 4.76. The van der Waals surface area contributed by atoms with Gasteiger partial charge in [-0.1, -0.05) is 26.2 Å². The molecule has 1 aliphatic heterocycles. The van der Waals surface area contributed by atoms with Crippen LogP contribution in [0.2, 0.25) is 0 Å². The van der Waals surface area contributed by atoms with E-state index >= 15 is 0 Å². The van der Waals surface area contributed by atoms with Crippen molar-refractivity contribution in [3.63, 3.8) is 0 Å². The normalized spacial score (nSPS) is 36.7. The van der Waals surface area contributed by atoms with Gasteiger partial charge in [-0.3, -0.25) is 0 Å². The van der Waals surface area contributed by atoms with Gasteiger partial charge in [-0.15, -0.1) is 0 Å². The highest BCUT2D eigenvalue weighted by atomic mass is 15.1. The van der Waals surface area contributed by atoms with Crippen molar-refractivity contribution in [3.05, 3.63) is 0 Å². The van der Waals surface area contributed by atoms with Crippen LogP contribution in [-0.2, 0) is 0 Å². The molecule has 0 amide bonds. The average molecular weight is 238 g/mol. The van der Waals surface area contributed by atoms with Gasteiger partial charge < -0.3 is 10.2 Å². The maximum atomic E-state index is 3.93. The van der Waals surface area contributed by atoms with E-state index in [0.29, 0.717) is 0 Å². The Kier molecular flexibility index (Phi) is 5.30. The molecule has 1 aliphatic carbocycles. The van der Waals surface area contributed by atoms with E-state index in [1.807, 2.05) is 0 Å². The molecule has 0 bridgehead atoms. The zero-order chi connectivity index (χ0) is 12.1. The highest BCUT2D eigenvalue weighted by Crippen LogP contribution is 2.26. The summed E-state index contributed by atoms with van der Waals surface area (Å²) in [5.41, 5.74) is 0. The minimum atomic E-state index is 0.761. The van der Waals surface area contributed by atoms with E-state index < -0.39 is 0 Å². The van der Waals surface area contributed by atoms with Crippen LogP contribution in [0.5, 0.6) is 0 Å². The first kappa shape index (κ1) is 13.4. The number of nitrogens with zero attached hydrogens (tertiary/aromatic N) is 1. The molecule has 0 aromatic heterocycles. The zero-order valence-electron chi connectivity index (χ0n) is 11.8. The second-order valence-corrected chi connectivity index (χ2v) is 6.25. The second-order valence-electron chi connectivity index (χ2n) is 6.25. The van der Waals surface area contributed by atoms with Gasteiger partial charge in [-0.2, -0.15) is 0 Å². The summed E-state index contributed by atoms with van der Waals surface area (Å²) < 4.78 is 0. The lowest BCUT2D eigenvalue weighted by Gasteiger charge is -2.33. The first-order valence-corrected chi connectivity index (χ1v) is 7.72. The minimum Gasteiger partial charge on any atom is -0.310 e. The molecule has 0 spiro atoms. The maximum Gasteiger partial charge on any atom is 0.0197 e. The molecule has 17 heavy (non-hydrogen) atoms. The smallest absolute Gasteiger partial charge is 0.0197 e. The van der Waals surface area contributed by atoms with Crippen molar-refractivity contribution in [2.45, 2.75) is 70.4 Å². The molecule has 1 saturated carbocycles. The second kappa shape index (κ2) is 6.75. The van der Waals surface area contributed by atoms with Gasteiger partial charge in [0, 0.05) is 18.6 Å². The van der Waals surface area contributed by atoms with E-state index in [4.69, 9.17) is 0 Å². The molecular formula is C15H30N2. The average Bonchev–Trinajstić information content (AvgIpc) is 2.54. The van der Waals surface area contributed by atoms with Gasteiger partial charge in [-0.05, 0) is 51.6 Å². The van der Waals surface area contributed by atoms with Crippen LogP contribution in [0.4, 0.5) is 0 Å². The Labute approximate surface area is 107 Å². The Morgan fingerprint density at radius 3 is 2.59 bits per heavy atom. The van der Waals surface area contributed by atoms with Crippen LogP contribution < -0.4 is 5.32 Å². The Balaban J connectivity index is 1.74. The van der Waals surface area contributed by atoms with Gasteiger partial charge >= 0.3 is 0 Å². The van der Waals surface area contributed by atoms with E-state index in [0.717, 1.165) is 18.0 Å². The fourth-order valence-electron chi connectivity index (χ4n) is 3.59. The van der Waals surface area contributed by atoms with Gasteiger partial charge in [0.05, 0.1) is 0 Å². The lowest BCUT2D eigenvalue weighted by molar-refractivity contribution is 0.211. The van der Waals surface area contributed by atoms with E-state index in [-0.39, 0.29) is 0 Å². The molecule has 2 fully saturated rings. The van der Waals surface area contributed by atoms with Crippen LogP contribution in [0.15, 0.2) is 0 Å². The standard InChI is InChI=1S/C15H30N2/c1-3-13-6-4-7-14(10-9-13)16-15-8-5-11-17(2)12-15/h13-16H,3-12H2,1-2H3. The van der Waals surface area contributed by atoms with Crippen LogP contribution in [0.3, 0.4) is 0 Å². The molecule has 1 heterocycles. The molecule has 0 aromatic rings. The van der Waals surface area contributed by atoms with Crippen molar-refractivity contribution in [2.75, 3.05) is 20.1 Å². The Hall–Kier alpha value is -0.0800. The topological polar surface area (TPSA) is 15.3 Å². The number of piperidine rings is 1. The number of hydrogen-bond donors (Lipinski definition) is 1. The number of rotatable bonds is 3. The fourth-order valence-corrected chi connectivity index (χ4v) is 3.59. The largest absolute Gasteiger partial charge is 0.310 e. The molecule has 3 atom stereocenters. The molecule has 1 saturated heterocycles. The molecule has 100 valence electrons. The van der Waals surface area contributed by atoms with E-state index in [9.17, 15) is 0 Å². The number of likely N-dealkylation sites (N-methyl/N-ethyl adjacent to an activating group) is 1. The minimum absolute atomic E-state index is 0.761. The summed E-state index contributed by atoms with van der Waals surface area (Å²) in [6.07, 6.45) is 11.3. The lowest BCUT2D eigenvalue weighted by Crippen LogP contribution is -2.47. The first-order valence-electron chi connectivity index (χ1n) is 7.72. The third-order valence-electron chi connectivity index (χ3n) is 4.76. The Bertz CT molecular complexity index is 217. The van der Waals surface area contributed by atoms with E-state index in [1.165, 1.54) is 64.5 Å². The van der Waals surface area contributed by atoms with Crippen LogP contribution in [-0.4, -0.2) is 37.1 Å². The number of hydrogen-bond acceptors (Lipinski definition) is 2. The predicted octanol–water partition coefficient (Wildman–Crippen LogP) is 3.03. The Morgan fingerprint density at radius 1 is 1.00 bits per heavy atom. The van der Waals surface area contributed by atoms with E-state index in [1.54, 1.807) is 0 Å². The quantitative estimate of drug-likeness (QED) is 0.760. The third kappa shape index (κ3) is 4.26. The summed E-state index contributed by atoms with van der Waals surface area (Å²) in [5.74, 6) is 1.01.